The summed E-state index contributed by atoms with van der Waals surface area (Å²) in [7, 11) is 0. The van der Waals surface area contributed by atoms with E-state index in [4.69, 9.17) is 0 Å². The molecule has 1 saturated carbocycles. The van der Waals surface area contributed by atoms with Crippen LogP contribution in [0.2, 0.25) is 0 Å². The van der Waals surface area contributed by atoms with E-state index in [2.05, 4.69) is 15.3 Å². The molecular formula is C19H22N4O2. The molecular weight excluding hydrogens is 316 g/mol. The summed E-state index contributed by atoms with van der Waals surface area (Å²) < 4.78 is 0. The first-order chi connectivity index (χ1) is 12.0. The van der Waals surface area contributed by atoms with Crippen molar-refractivity contribution in [3.63, 3.8) is 0 Å². The monoisotopic (exact) mass is 338 g/mol. The van der Waals surface area contributed by atoms with Crippen molar-refractivity contribution in [3.8, 4) is 0 Å². The summed E-state index contributed by atoms with van der Waals surface area (Å²) >= 11 is 0. The van der Waals surface area contributed by atoms with Gasteiger partial charge in [-0.25, -0.2) is 9.97 Å². The van der Waals surface area contributed by atoms with Gasteiger partial charge >= 0.3 is 0 Å². The summed E-state index contributed by atoms with van der Waals surface area (Å²) in [6.45, 7) is 5.14. The fourth-order valence-electron chi connectivity index (χ4n) is 3.40. The first-order valence-electron chi connectivity index (χ1n) is 8.84. The number of carbonyl (C=O) groups is 2. The third-order valence-electron chi connectivity index (χ3n) is 5.11. The molecule has 4 rings (SSSR count). The molecule has 6 nitrogen and oxygen atoms in total. The Hall–Kier alpha value is -2.50. The maximum Gasteiger partial charge on any atom is 0.251 e. The van der Waals surface area contributed by atoms with Gasteiger partial charge in [0.05, 0.1) is 22.4 Å². The minimum atomic E-state index is -0.126. The van der Waals surface area contributed by atoms with Gasteiger partial charge in [-0.2, -0.15) is 0 Å². The molecule has 6 heteroatoms. The van der Waals surface area contributed by atoms with Crippen molar-refractivity contribution in [2.24, 2.45) is 5.92 Å². The van der Waals surface area contributed by atoms with E-state index in [0.717, 1.165) is 41.8 Å². The molecule has 2 aliphatic rings. The molecule has 1 aromatic carbocycles. The molecule has 2 aromatic rings. The maximum atomic E-state index is 12.4. The lowest BCUT2D eigenvalue weighted by atomic mass is 10.1. The van der Waals surface area contributed by atoms with Crippen LogP contribution in [0.15, 0.2) is 18.2 Å². The number of aryl methyl sites for hydroxylation is 2. The Balaban J connectivity index is 1.42. The molecule has 1 aliphatic carbocycles. The highest BCUT2D eigenvalue weighted by atomic mass is 16.2. The largest absolute Gasteiger partial charge is 0.352 e. The van der Waals surface area contributed by atoms with E-state index in [1.807, 2.05) is 24.8 Å². The van der Waals surface area contributed by atoms with Gasteiger partial charge in [0, 0.05) is 37.0 Å². The van der Waals surface area contributed by atoms with Gasteiger partial charge in [-0.1, -0.05) is 0 Å². The van der Waals surface area contributed by atoms with Crippen molar-refractivity contribution in [2.45, 2.75) is 39.2 Å². The summed E-state index contributed by atoms with van der Waals surface area (Å²) in [6.07, 6.45) is 2.79. The van der Waals surface area contributed by atoms with Gasteiger partial charge in [0.25, 0.3) is 5.91 Å². The SMILES string of the molecule is Cc1nc2ccc(C(=O)NCC3CC(=O)N(C4CC4)C3)cc2nc1C. The summed E-state index contributed by atoms with van der Waals surface area (Å²) in [5, 5.41) is 2.97. The number of aromatic nitrogens is 2. The average Bonchev–Trinajstić information content (AvgIpc) is 3.36. The highest BCUT2D eigenvalue weighted by molar-refractivity contribution is 5.97. The van der Waals surface area contributed by atoms with Crippen LogP contribution in [-0.4, -0.2) is 45.8 Å². The number of carbonyl (C=O) groups excluding carboxylic acids is 2. The minimum absolute atomic E-state index is 0.126. The number of benzene rings is 1. The molecule has 25 heavy (non-hydrogen) atoms. The lowest BCUT2D eigenvalue weighted by Gasteiger charge is -2.15. The van der Waals surface area contributed by atoms with Gasteiger partial charge in [-0.15, -0.1) is 0 Å². The predicted octanol–water partition coefficient (Wildman–Crippen LogP) is 1.99. The third kappa shape index (κ3) is 3.21. The Kier molecular flexibility index (Phi) is 3.90. The van der Waals surface area contributed by atoms with Crippen molar-refractivity contribution in [2.75, 3.05) is 13.1 Å². The second-order valence-corrected chi connectivity index (χ2v) is 7.16. The summed E-state index contributed by atoms with van der Waals surface area (Å²) in [5.41, 5.74) is 3.87. The first kappa shape index (κ1) is 16.0. The van der Waals surface area contributed by atoms with Gasteiger partial charge in [0.15, 0.2) is 0 Å². The minimum Gasteiger partial charge on any atom is -0.352 e. The second-order valence-electron chi connectivity index (χ2n) is 7.16. The number of rotatable bonds is 4. The highest BCUT2D eigenvalue weighted by Gasteiger charge is 2.39. The third-order valence-corrected chi connectivity index (χ3v) is 5.11. The smallest absolute Gasteiger partial charge is 0.251 e. The molecule has 0 radical (unpaired) electrons. The molecule has 0 bridgehead atoms. The van der Waals surface area contributed by atoms with Gasteiger partial charge in [0.1, 0.15) is 0 Å². The molecule has 0 spiro atoms. The fraction of sp³-hybridized carbons (Fsp3) is 0.474. The molecule has 130 valence electrons. The van der Waals surface area contributed by atoms with Crippen molar-refractivity contribution >= 4 is 22.8 Å². The Morgan fingerprint density at radius 2 is 1.92 bits per heavy atom. The summed E-state index contributed by atoms with van der Waals surface area (Å²) in [6, 6.07) is 5.84. The zero-order valence-electron chi connectivity index (χ0n) is 14.6. The van der Waals surface area contributed by atoms with E-state index in [1.54, 1.807) is 12.1 Å². The van der Waals surface area contributed by atoms with Crippen molar-refractivity contribution in [1.82, 2.24) is 20.2 Å². The Labute approximate surface area is 146 Å². The van der Waals surface area contributed by atoms with Crippen molar-refractivity contribution in [1.29, 1.82) is 0 Å². The lowest BCUT2D eigenvalue weighted by Crippen LogP contribution is -2.32. The summed E-state index contributed by atoms with van der Waals surface area (Å²) in [4.78, 5) is 35.4. The van der Waals surface area contributed by atoms with E-state index in [0.29, 0.717) is 24.6 Å². The molecule has 1 atom stereocenters. The predicted molar refractivity (Wildman–Crippen MR) is 94.2 cm³/mol. The van der Waals surface area contributed by atoms with Gasteiger partial charge < -0.3 is 10.2 Å². The van der Waals surface area contributed by atoms with E-state index in [-0.39, 0.29) is 17.7 Å². The lowest BCUT2D eigenvalue weighted by molar-refractivity contribution is -0.128. The molecule has 1 saturated heterocycles. The van der Waals surface area contributed by atoms with Crippen LogP contribution in [0.1, 0.15) is 41.0 Å². The summed E-state index contributed by atoms with van der Waals surface area (Å²) in [5.74, 6) is 0.315. The van der Waals surface area contributed by atoms with Gasteiger partial charge in [0.2, 0.25) is 5.91 Å². The van der Waals surface area contributed by atoms with Gasteiger partial charge in [-0.05, 0) is 44.9 Å². The van der Waals surface area contributed by atoms with Gasteiger partial charge in [-0.3, -0.25) is 9.59 Å². The Morgan fingerprint density at radius 1 is 1.20 bits per heavy atom. The van der Waals surface area contributed by atoms with Crippen LogP contribution in [0.4, 0.5) is 0 Å². The molecule has 1 aliphatic heterocycles. The molecule has 2 heterocycles. The van der Waals surface area contributed by atoms with E-state index >= 15 is 0 Å². The maximum absolute atomic E-state index is 12.4. The molecule has 2 amide bonds. The number of hydrogen-bond acceptors (Lipinski definition) is 4. The second kappa shape index (κ2) is 6.10. The first-order valence-corrected chi connectivity index (χ1v) is 8.84. The molecule has 2 fully saturated rings. The number of likely N-dealkylation sites (tertiary alicyclic amines) is 1. The van der Waals surface area contributed by atoms with E-state index in [1.165, 1.54) is 0 Å². The van der Waals surface area contributed by atoms with Crippen LogP contribution in [-0.2, 0) is 4.79 Å². The van der Waals surface area contributed by atoms with Crippen LogP contribution < -0.4 is 5.32 Å². The van der Waals surface area contributed by atoms with Crippen LogP contribution in [0.5, 0.6) is 0 Å². The van der Waals surface area contributed by atoms with Crippen LogP contribution in [0.25, 0.3) is 11.0 Å². The van der Waals surface area contributed by atoms with Crippen LogP contribution >= 0.6 is 0 Å². The van der Waals surface area contributed by atoms with Crippen LogP contribution in [0.3, 0.4) is 0 Å². The topological polar surface area (TPSA) is 75.2 Å². The zero-order valence-corrected chi connectivity index (χ0v) is 14.6. The highest BCUT2D eigenvalue weighted by Crippen LogP contribution is 2.32. The van der Waals surface area contributed by atoms with Crippen LogP contribution in [0, 0.1) is 19.8 Å². The Morgan fingerprint density at radius 3 is 2.64 bits per heavy atom. The molecule has 1 aromatic heterocycles. The molecule has 1 N–H and O–H groups in total. The number of fused-ring (bicyclic) bond motifs is 1. The fourth-order valence-corrected chi connectivity index (χ4v) is 3.40. The number of nitrogens with zero attached hydrogens (tertiary/aromatic N) is 3. The Bertz CT molecular complexity index is 860. The van der Waals surface area contributed by atoms with Crippen molar-refractivity contribution < 1.29 is 9.59 Å². The standard InChI is InChI=1S/C19H22N4O2/c1-11-12(2)22-17-8-14(3-6-16(17)21-11)19(25)20-9-13-7-18(24)23(10-13)15-4-5-15/h3,6,8,13,15H,4-5,7,9-10H2,1-2H3,(H,20,25). The van der Waals surface area contributed by atoms with E-state index < -0.39 is 0 Å². The van der Waals surface area contributed by atoms with Crippen molar-refractivity contribution in [3.05, 3.63) is 35.2 Å². The normalized spacial score (nSPS) is 20.3. The van der Waals surface area contributed by atoms with E-state index in [9.17, 15) is 9.59 Å². The zero-order chi connectivity index (χ0) is 17.6. The number of hydrogen-bond donors (Lipinski definition) is 1. The number of amides is 2. The number of nitrogens with one attached hydrogen (secondary N) is 1. The molecule has 1 unspecified atom stereocenters. The quantitative estimate of drug-likeness (QED) is 0.925. The average molecular weight is 338 g/mol.